The molecule has 4 rings (SSSR count). The molecule has 14 nitrogen and oxygen atoms in total. The molecule has 0 amide bonds. The number of nitrogens with two attached hydrogens (primary N) is 1. The van der Waals surface area contributed by atoms with E-state index in [0.717, 1.165) is 47.4 Å². The van der Waals surface area contributed by atoms with Crippen molar-refractivity contribution in [3.8, 4) is 17.2 Å². The lowest BCUT2D eigenvalue weighted by atomic mass is 9.96. The number of esters is 1. The number of carbonyl (C=O) groups is 5. The van der Waals surface area contributed by atoms with E-state index in [1.54, 1.807) is 60.3 Å². The number of benzene rings is 3. The molecule has 1 aliphatic rings. The Kier molecular flexibility index (Phi) is 38.0. The number of aliphatic carboxylic acids is 1. The van der Waals surface area contributed by atoms with Gasteiger partial charge in [0.1, 0.15) is 17.2 Å². The summed E-state index contributed by atoms with van der Waals surface area (Å²) < 4.78 is 37.9. The highest BCUT2D eigenvalue weighted by Gasteiger charge is 2.13. The van der Waals surface area contributed by atoms with Crippen LogP contribution in [0.15, 0.2) is 92.5 Å². The molecule has 372 valence electrons. The number of hydrogen-bond acceptors (Lipinski definition) is 13. The molecule has 0 aliphatic heterocycles. The summed E-state index contributed by atoms with van der Waals surface area (Å²) in [7, 11) is 4.83. The number of halogens is 4. The number of fused-ring (bicyclic) bond motifs is 1. The van der Waals surface area contributed by atoms with Gasteiger partial charge < -0.3 is 44.0 Å². The SMILES string of the molecule is C/C=C/C(=O)Cl.CCO/C=C/C(=O)Cc1ccc(Br)c(OC)c1.CCOC(=O)CC(C)OCC.CCOC(C)CC(=O)O.COc1cc(N)ccc1Br.COc1cc2c(cc1Br)C=CC(=O)C2. The van der Waals surface area contributed by atoms with E-state index in [0.29, 0.717) is 51.4 Å². The zero-order valence-corrected chi connectivity index (χ0v) is 45.3. The van der Waals surface area contributed by atoms with E-state index >= 15 is 0 Å². The van der Waals surface area contributed by atoms with Crippen molar-refractivity contribution in [3.63, 3.8) is 0 Å². The predicted molar refractivity (Wildman–Crippen MR) is 275 cm³/mol. The van der Waals surface area contributed by atoms with Gasteiger partial charge in [-0.2, -0.15) is 0 Å². The largest absolute Gasteiger partial charge is 0.501 e. The molecular weight excluding hydrogens is 1090 g/mol. The monoisotopic (exact) mass is 1150 g/mol. The van der Waals surface area contributed by atoms with Gasteiger partial charge in [-0.15, -0.1) is 0 Å². The van der Waals surface area contributed by atoms with Crippen LogP contribution in [-0.4, -0.2) is 93.8 Å². The number of carboxylic acid groups (broad SMARTS) is 1. The van der Waals surface area contributed by atoms with Gasteiger partial charge >= 0.3 is 11.9 Å². The molecule has 0 aromatic heterocycles. The maximum absolute atomic E-state index is 11.6. The number of methoxy groups -OCH3 is 3. The number of carbonyl (C=O) groups excluding carboxylic acids is 4. The summed E-state index contributed by atoms with van der Waals surface area (Å²) in [5.41, 5.74) is 9.23. The first-order chi connectivity index (χ1) is 31.7. The number of hydrogen-bond donors (Lipinski definition) is 2. The molecular formula is C49H65Br3ClNO13. The van der Waals surface area contributed by atoms with Crippen LogP contribution in [0.4, 0.5) is 5.69 Å². The van der Waals surface area contributed by atoms with Gasteiger partial charge in [0, 0.05) is 43.9 Å². The van der Waals surface area contributed by atoms with Crippen molar-refractivity contribution in [2.75, 3.05) is 53.5 Å². The summed E-state index contributed by atoms with van der Waals surface area (Å²) in [5.74, 6) is 1.41. The first-order valence-corrected chi connectivity index (χ1v) is 23.7. The molecule has 3 aromatic rings. The summed E-state index contributed by atoms with van der Waals surface area (Å²) in [6, 6.07) is 14.9. The fourth-order valence-electron chi connectivity index (χ4n) is 4.99. The smallest absolute Gasteiger partial charge is 0.308 e. The van der Waals surface area contributed by atoms with Crippen LogP contribution in [0.2, 0.25) is 0 Å². The standard InChI is InChI=1S/C13H15BrO3.C11H9BrO2.C8H16O3.C7H8BrNO.C6H12O3.C4H5ClO/c1-3-17-7-6-11(15)8-10-4-5-12(14)13(9-10)16-2;1-14-11-6-8-4-9(13)3-2-7(8)5-10(11)12;1-4-10-7(3)6-8(9)11-5-2;1-10-7-4-5(9)2-3-6(7)8;1-3-9-5(2)4-6(7)8;1-2-3-4(5)6/h4-7,9H,3,8H2,1-2H3;2-3,5-6H,4H2,1H3;7H,4-6H2,1-3H3;2-4H,9H2,1H3;5H,3-4H2,1-2H3,(H,7,8);2-3H,1H3/b7-6+;;;;;3-2+. The maximum atomic E-state index is 11.6. The third kappa shape index (κ3) is 32.8. The Morgan fingerprint density at radius 1 is 0.746 bits per heavy atom. The van der Waals surface area contributed by atoms with Crippen LogP contribution in [0.25, 0.3) is 6.08 Å². The number of allylic oxidation sites excluding steroid dienone is 4. The van der Waals surface area contributed by atoms with E-state index in [1.807, 2.05) is 76.2 Å². The lowest BCUT2D eigenvalue weighted by molar-refractivity contribution is -0.146. The Bertz CT molecular complexity index is 2040. The summed E-state index contributed by atoms with van der Waals surface area (Å²) >= 11 is 14.9. The minimum atomic E-state index is -0.809. The molecule has 3 aromatic carbocycles. The number of rotatable bonds is 18. The van der Waals surface area contributed by atoms with Gasteiger partial charge in [0.05, 0.1) is 79.3 Å². The Balaban J connectivity index is 0. The third-order valence-corrected chi connectivity index (χ3v) is 9.99. The average Bonchev–Trinajstić information content (AvgIpc) is 3.26. The van der Waals surface area contributed by atoms with Gasteiger partial charge in [-0.3, -0.25) is 24.0 Å². The Morgan fingerprint density at radius 2 is 1.30 bits per heavy atom. The van der Waals surface area contributed by atoms with Crippen molar-refractivity contribution in [1.82, 2.24) is 0 Å². The Labute approximate surface area is 425 Å². The second-order valence-electron chi connectivity index (χ2n) is 13.4. The number of nitrogen functional groups attached to an aromatic ring is 1. The molecule has 2 unspecified atom stereocenters. The number of ketones is 2. The van der Waals surface area contributed by atoms with Gasteiger partial charge in [-0.05, 0) is 173 Å². The first kappa shape index (κ1) is 64.6. The van der Waals surface area contributed by atoms with E-state index in [4.69, 9.17) is 55.6 Å². The minimum absolute atomic E-state index is 0.00262. The van der Waals surface area contributed by atoms with Crippen molar-refractivity contribution < 1.29 is 62.2 Å². The fourth-order valence-corrected chi connectivity index (χ4v) is 6.46. The van der Waals surface area contributed by atoms with E-state index < -0.39 is 11.2 Å². The quantitative estimate of drug-likeness (QED) is 0.0401. The molecule has 18 heteroatoms. The van der Waals surface area contributed by atoms with E-state index in [1.165, 1.54) is 18.4 Å². The van der Waals surface area contributed by atoms with Crippen LogP contribution >= 0.6 is 59.4 Å². The molecule has 3 N–H and O–H groups in total. The van der Waals surface area contributed by atoms with Crippen LogP contribution in [0.3, 0.4) is 0 Å². The number of anilines is 1. The van der Waals surface area contributed by atoms with Gasteiger partial charge in [0.15, 0.2) is 11.6 Å². The normalized spacial score (nSPS) is 11.7. The summed E-state index contributed by atoms with van der Waals surface area (Å²) in [6.45, 7) is 15.0. The van der Waals surface area contributed by atoms with Crippen molar-refractivity contribution >= 4 is 99.9 Å². The highest BCUT2D eigenvalue weighted by molar-refractivity contribution is 9.11. The molecule has 0 fully saturated rings. The second-order valence-corrected chi connectivity index (χ2v) is 16.3. The zero-order chi connectivity index (χ0) is 51.3. The van der Waals surface area contributed by atoms with Crippen molar-refractivity contribution in [2.24, 2.45) is 0 Å². The van der Waals surface area contributed by atoms with Crippen LogP contribution < -0.4 is 19.9 Å². The van der Waals surface area contributed by atoms with Crippen molar-refractivity contribution in [2.45, 2.75) is 86.4 Å². The number of carboxylic acids is 1. The van der Waals surface area contributed by atoms with E-state index in [-0.39, 0.29) is 36.2 Å². The summed E-state index contributed by atoms with van der Waals surface area (Å²) in [4.78, 5) is 53.3. The lowest BCUT2D eigenvalue weighted by Crippen LogP contribution is -2.16. The van der Waals surface area contributed by atoms with Crippen molar-refractivity contribution in [3.05, 3.63) is 109 Å². The maximum Gasteiger partial charge on any atom is 0.308 e. The Hall–Kier alpha value is -4.52. The van der Waals surface area contributed by atoms with Gasteiger partial charge in [0.2, 0.25) is 5.24 Å². The highest BCUT2D eigenvalue weighted by atomic mass is 79.9. The van der Waals surface area contributed by atoms with Crippen LogP contribution in [0.5, 0.6) is 17.2 Å². The van der Waals surface area contributed by atoms with Gasteiger partial charge in [-0.25, -0.2) is 0 Å². The van der Waals surface area contributed by atoms with Crippen LogP contribution in [0, 0.1) is 0 Å². The molecule has 0 bridgehead atoms. The topological polar surface area (TPSA) is 196 Å². The van der Waals surface area contributed by atoms with E-state index in [9.17, 15) is 24.0 Å². The first-order valence-electron chi connectivity index (χ1n) is 21.0. The molecule has 0 radical (unpaired) electrons. The Morgan fingerprint density at radius 3 is 1.78 bits per heavy atom. The van der Waals surface area contributed by atoms with Crippen molar-refractivity contribution in [1.29, 1.82) is 0 Å². The van der Waals surface area contributed by atoms with E-state index in [2.05, 4.69) is 47.8 Å². The third-order valence-electron chi connectivity index (χ3n) is 7.93. The minimum Gasteiger partial charge on any atom is -0.501 e. The predicted octanol–water partition coefficient (Wildman–Crippen LogP) is 11.3. The lowest BCUT2D eigenvalue weighted by Gasteiger charge is -2.12. The molecule has 0 spiro atoms. The van der Waals surface area contributed by atoms with Crippen LogP contribution in [0.1, 0.15) is 78.0 Å². The summed E-state index contributed by atoms with van der Waals surface area (Å²) in [5, 5.41) is 7.81. The van der Waals surface area contributed by atoms with Gasteiger partial charge in [-0.1, -0.05) is 18.2 Å². The summed E-state index contributed by atoms with van der Waals surface area (Å²) in [6.07, 6.45) is 10.3. The molecule has 67 heavy (non-hydrogen) atoms. The molecule has 2 atom stereocenters. The molecule has 0 heterocycles. The molecule has 1 aliphatic carbocycles. The average molecular weight is 1150 g/mol. The zero-order valence-electron chi connectivity index (χ0n) is 39.8. The fraction of sp³-hybridized carbons (Fsp3) is 0.408. The number of ether oxygens (including phenoxy) is 7. The van der Waals surface area contributed by atoms with Gasteiger partial charge in [0.25, 0.3) is 0 Å². The molecule has 0 saturated carbocycles. The van der Waals surface area contributed by atoms with Crippen LogP contribution in [-0.2, 0) is 55.8 Å². The highest BCUT2D eigenvalue weighted by Crippen LogP contribution is 2.31. The second kappa shape index (κ2) is 39.5. The molecule has 0 saturated heterocycles.